The maximum absolute atomic E-state index is 12.5. The Labute approximate surface area is 134 Å². The van der Waals surface area contributed by atoms with E-state index in [0.717, 1.165) is 35.2 Å². The second kappa shape index (κ2) is 6.20. The van der Waals surface area contributed by atoms with Gasteiger partial charge in [0.05, 0.1) is 11.8 Å². The number of carbonyl (C=O) groups is 1. The molecule has 0 aliphatic rings. The number of hydrogen-bond donors (Lipinski definition) is 2. The fraction of sp³-hybridized carbons (Fsp3) is 0.278. The van der Waals surface area contributed by atoms with Crippen molar-refractivity contribution in [3.63, 3.8) is 0 Å². The number of phenols is 1. The van der Waals surface area contributed by atoms with Gasteiger partial charge in [-0.25, -0.2) is 0 Å². The van der Waals surface area contributed by atoms with Crippen molar-refractivity contribution in [1.82, 2.24) is 9.88 Å². The minimum Gasteiger partial charge on any atom is -0.508 e. The molecule has 0 unspecified atom stereocenters. The Morgan fingerprint density at radius 2 is 2.17 bits per heavy atom. The monoisotopic (exact) mass is 312 g/mol. The van der Waals surface area contributed by atoms with Gasteiger partial charge in [-0.2, -0.15) is 0 Å². The lowest BCUT2D eigenvalue weighted by atomic mass is 10.1. The van der Waals surface area contributed by atoms with Gasteiger partial charge in [-0.1, -0.05) is 0 Å². The van der Waals surface area contributed by atoms with Gasteiger partial charge in [0.2, 0.25) is 0 Å². The molecule has 1 aromatic carbocycles. The van der Waals surface area contributed by atoms with Crippen molar-refractivity contribution in [1.29, 1.82) is 0 Å². The number of amides is 1. The molecule has 0 aliphatic heterocycles. The zero-order chi connectivity index (χ0) is 16.4. The van der Waals surface area contributed by atoms with Crippen LogP contribution in [0.3, 0.4) is 0 Å². The van der Waals surface area contributed by atoms with Crippen LogP contribution in [0.1, 0.15) is 28.2 Å². The lowest BCUT2D eigenvalue weighted by molar-refractivity contribution is 0.0954. The zero-order valence-electron chi connectivity index (χ0n) is 13.3. The highest BCUT2D eigenvalue weighted by atomic mass is 16.3. The molecular weight excluding hydrogens is 292 g/mol. The predicted molar refractivity (Wildman–Crippen MR) is 88.7 cm³/mol. The molecule has 3 rings (SSSR count). The minimum absolute atomic E-state index is 0.113. The number of aromatic hydroxyl groups is 1. The molecule has 0 saturated heterocycles. The Hall–Kier alpha value is -2.69. The molecule has 5 heteroatoms. The van der Waals surface area contributed by atoms with Crippen LogP contribution in [0.4, 0.5) is 0 Å². The van der Waals surface area contributed by atoms with Gasteiger partial charge >= 0.3 is 0 Å². The Morgan fingerprint density at radius 1 is 1.35 bits per heavy atom. The average Bonchev–Trinajstić information content (AvgIpc) is 3.12. The quantitative estimate of drug-likeness (QED) is 0.711. The van der Waals surface area contributed by atoms with E-state index in [1.165, 1.54) is 0 Å². The fourth-order valence-electron chi connectivity index (χ4n) is 2.85. The largest absolute Gasteiger partial charge is 0.508 e. The summed E-state index contributed by atoms with van der Waals surface area (Å²) in [5.41, 5.74) is 2.44. The van der Waals surface area contributed by atoms with E-state index in [4.69, 9.17) is 4.42 Å². The van der Waals surface area contributed by atoms with Crippen molar-refractivity contribution >= 4 is 16.8 Å². The van der Waals surface area contributed by atoms with Crippen LogP contribution >= 0.6 is 0 Å². The lowest BCUT2D eigenvalue weighted by Gasteiger charge is -2.05. The van der Waals surface area contributed by atoms with Crippen molar-refractivity contribution < 1.29 is 14.3 Å². The molecule has 0 spiro atoms. The molecule has 0 fully saturated rings. The predicted octanol–water partition coefficient (Wildman–Crippen LogP) is 3.15. The Bertz CT molecular complexity index is 832. The number of benzene rings is 1. The van der Waals surface area contributed by atoms with Crippen LogP contribution in [0, 0.1) is 6.92 Å². The molecule has 1 amide bonds. The molecule has 23 heavy (non-hydrogen) atoms. The first-order chi connectivity index (χ1) is 11.1. The van der Waals surface area contributed by atoms with E-state index < -0.39 is 0 Å². The number of hydrogen-bond acceptors (Lipinski definition) is 3. The van der Waals surface area contributed by atoms with Gasteiger partial charge in [0.1, 0.15) is 11.5 Å². The number of furan rings is 1. The molecular formula is C18H20N2O3. The highest BCUT2D eigenvalue weighted by molar-refractivity contribution is 6.08. The molecule has 3 aromatic rings. The normalized spacial score (nSPS) is 11.0. The topological polar surface area (TPSA) is 67.4 Å². The van der Waals surface area contributed by atoms with E-state index in [1.807, 2.05) is 36.7 Å². The van der Waals surface area contributed by atoms with E-state index >= 15 is 0 Å². The van der Waals surface area contributed by atoms with Gasteiger partial charge in [-0.05, 0) is 43.7 Å². The molecule has 0 saturated carbocycles. The van der Waals surface area contributed by atoms with Crippen LogP contribution < -0.4 is 5.32 Å². The molecule has 5 nitrogen and oxygen atoms in total. The van der Waals surface area contributed by atoms with Crippen molar-refractivity contribution in [3.05, 3.63) is 53.6 Å². The molecule has 0 atom stereocenters. The summed E-state index contributed by atoms with van der Waals surface area (Å²) in [4.78, 5) is 12.5. The molecule has 2 heterocycles. The van der Waals surface area contributed by atoms with Gasteiger partial charge in [-0.3, -0.25) is 4.79 Å². The van der Waals surface area contributed by atoms with Crippen molar-refractivity contribution in [2.75, 3.05) is 6.54 Å². The highest BCUT2D eigenvalue weighted by Crippen LogP contribution is 2.28. The number of rotatable bonds is 5. The molecule has 0 radical (unpaired) electrons. The number of aryl methyl sites for hydroxylation is 2. The minimum atomic E-state index is -0.113. The van der Waals surface area contributed by atoms with Crippen molar-refractivity contribution in [2.24, 2.45) is 7.05 Å². The molecule has 2 aromatic heterocycles. The van der Waals surface area contributed by atoms with E-state index in [0.29, 0.717) is 12.1 Å². The summed E-state index contributed by atoms with van der Waals surface area (Å²) in [6.45, 7) is 2.49. The summed E-state index contributed by atoms with van der Waals surface area (Å²) in [7, 11) is 1.92. The van der Waals surface area contributed by atoms with Gasteiger partial charge in [-0.15, -0.1) is 0 Å². The van der Waals surface area contributed by atoms with Crippen LogP contribution in [0.5, 0.6) is 5.75 Å². The zero-order valence-corrected chi connectivity index (χ0v) is 13.3. The highest BCUT2D eigenvalue weighted by Gasteiger charge is 2.18. The molecule has 2 N–H and O–H groups in total. The van der Waals surface area contributed by atoms with Crippen LogP contribution in [-0.2, 0) is 13.5 Å². The fourth-order valence-corrected chi connectivity index (χ4v) is 2.85. The first-order valence-corrected chi connectivity index (χ1v) is 7.66. The number of nitrogens with one attached hydrogen (secondary N) is 1. The van der Waals surface area contributed by atoms with Gasteiger partial charge in [0.15, 0.2) is 0 Å². The summed E-state index contributed by atoms with van der Waals surface area (Å²) in [6.07, 6.45) is 3.26. The number of aromatic nitrogens is 1. The standard InChI is InChI=1S/C18H20N2O3/c1-12-17(15-11-13(21)7-8-16(15)20(12)2)18(22)19-9-3-5-14-6-4-10-23-14/h4,6-8,10-11,21H,3,5,9H2,1-2H3,(H,19,22). The molecule has 0 bridgehead atoms. The number of nitrogens with zero attached hydrogens (tertiary/aromatic N) is 1. The maximum atomic E-state index is 12.5. The molecule has 0 aliphatic carbocycles. The average molecular weight is 312 g/mol. The van der Waals surface area contributed by atoms with Crippen molar-refractivity contribution in [3.8, 4) is 5.75 Å². The second-order valence-electron chi connectivity index (χ2n) is 5.66. The summed E-state index contributed by atoms with van der Waals surface area (Å²) in [5.74, 6) is 0.971. The van der Waals surface area contributed by atoms with E-state index in [9.17, 15) is 9.90 Å². The van der Waals surface area contributed by atoms with Crippen LogP contribution in [-0.4, -0.2) is 22.1 Å². The summed E-state index contributed by atoms with van der Waals surface area (Å²) in [5, 5.41) is 13.4. The second-order valence-corrected chi connectivity index (χ2v) is 5.66. The smallest absolute Gasteiger partial charge is 0.253 e. The number of fused-ring (bicyclic) bond motifs is 1. The maximum Gasteiger partial charge on any atom is 0.253 e. The van der Waals surface area contributed by atoms with Crippen LogP contribution in [0.15, 0.2) is 41.0 Å². The SMILES string of the molecule is Cc1c(C(=O)NCCCc2ccco2)c2cc(O)ccc2n1C. The Morgan fingerprint density at radius 3 is 2.91 bits per heavy atom. The molecule has 120 valence electrons. The van der Waals surface area contributed by atoms with Gasteiger partial charge in [0.25, 0.3) is 5.91 Å². The van der Waals surface area contributed by atoms with Crippen LogP contribution in [0.25, 0.3) is 10.9 Å². The summed E-state index contributed by atoms with van der Waals surface area (Å²) in [6, 6.07) is 8.89. The van der Waals surface area contributed by atoms with Gasteiger partial charge in [0, 0.05) is 36.6 Å². The first kappa shape index (κ1) is 15.2. The lowest BCUT2D eigenvalue weighted by Crippen LogP contribution is -2.25. The van der Waals surface area contributed by atoms with E-state index in [1.54, 1.807) is 18.4 Å². The first-order valence-electron chi connectivity index (χ1n) is 7.66. The number of carbonyl (C=O) groups excluding carboxylic acids is 1. The van der Waals surface area contributed by atoms with E-state index in [-0.39, 0.29) is 11.7 Å². The Kier molecular flexibility index (Phi) is 4.10. The third kappa shape index (κ3) is 2.95. The summed E-state index contributed by atoms with van der Waals surface area (Å²) < 4.78 is 7.24. The third-order valence-corrected chi connectivity index (χ3v) is 4.17. The third-order valence-electron chi connectivity index (χ3n) is 4.17. The Balaban J connectivity index is 1.73. The van der Waals surface area contributed by atoms with Crippen LogP contribution in [0.2, 0.25) is 0 Å². The summed E-state index contributed by atoms with van der Waals surface area (Å²) >= 11 is 0. The number of phenolic OH excluding ortho intramolecular Hbond substituents is 1. The van der Waals surface area contributed by atoms with Gasteiger partial charge < -0.3 is 19.4 Å². The van der Waals surface area contributed by atoms with E-state index in [2.05, 4.69) is 5.32 Å². The van der Waals surface area contributed by atoms with Crippen molar-refractivity contribution in [2.45, 2.75) is 19.8 Å².